The predicted molar refractivity (Wildman–Crippen MR) is 101 cm³/mol. The summed E-state index contributed by atoms with van der Waals surface area (Å²) in [5, 5.41) is 2.90. The van der Waals surface area contributed by atoms with Gasteiger partial charge in [-0.2, -0.15) is 0 Å². The van der Waals surface area contributed by atoms with Crippen LogP contribution in [0.15, 0.2) is 54.6 Å². The Hall–Kier alpha value is -2.62. The van der Waals surface area contributed by atoms with E-state index in [1.165, 1.54) is 0 Å². The Morgan fingerprint density at radius 3 is 2.16 bits per heavy atom. The van der Waals surface area contributed by atoms with Gasteiger partial charge in [0, 0.05) is 19.2 Å². The van der Waals surface area contributed by atoms with Gasteiger partial charge in [-0.15, -0.1) is 0 Å². The van der Waals surface area contributed by atoms with Crippen molar-refractivity contribution >= 4 is 17.5 Å². The molecule has 1 atom stereocenters. The monoisotopic (exact) mass is 338 g/mol. The Morgan fingerprint density at radius 2 is 1.60 bits per heavy atom. The minimum absolute atomic E-state index is 0.116. The molecule has 2 aromatic carbocycles. The molecular weight excluding hydrogens is 312 g/mol. The van der Waals surface area contributed by atoms with Crippen LogP contribution in [-0.2, 0) is 9.59 Å². The summed E-state index contributed by atoms with van der Waals surface area (Å²) in [6, 6.07) is 16.4. The first kappa shape index (κ1) is 18.7. The Balaban J connectivity index is 2.25. The van der Waals surface area contributed by atoms with E-state index in [4.69, 9.17) is 0 Å². The summed E-state index contributed by atoms with van der Waals surface area (Å²) >= 11 is 0. The molecule has 0 aliphatic heterocycles. The summed E-state index contributed by atoms with van der Waals surface area (Å²) in [6.45, 7) is 5.97. The molecule has 0 saturated carbocycles. The first-order valence-corrected chi connectivity index (χ1v) is 8.57. The number of hydrogen-bond acceptors (Lipinski definition) is 2. The average molecular weight is 338 g/mol. The fourth-order valence-corrected chi connectivity index (χ4v) is 2.61. The fraction of sp³-hybridized carbons (Fsp3) is 0.333. The van der Waals surface area contributed by atoms with Crippen LogP contribution in [-0.4, -0.2) is 18.9 Å². The minimum Gasteiger partial charge on any atom is -0.341 e. The predicted octanol–water partition coefficient (Wildman–Crippen LogP) is 3.86. The van der Waals surface area contributed by atoms with Crippen LogP contribution < -0.4 is 10.2 Å². The molecule has 0 fully saturated rings. The maximum absolute atomic E-state index is 13.1. The van der Waals surface area contributed by atoms with E-state index in [9.17, 15) is 9.59 Å². The van der Waals surface area contributed by atoms with Gasteiger partial charge in [0.2, 0.25) is 5.91 Å². The molecule has 0 aliphatic carbocycles. The van der Waals surface area contributed by atoms with Gasteiger partial charge in [0.1, 0.15) is 6.04 Å². The van der Waals surface area contributed by atoms with Crippen LogP contribution in [0.5, 0.6) is 0 Å². The molecule has 2 amide bonds. The molecule has 0 saturated heterocycles. The van der Waals surface area contributed by atoms with E-state index in [0.29, 0.717) is 6.42 Å². The lowest BCUT2D eigenvalue weighted by Gasteiger charge is -2.25. The lowest BCUT2D eigenvalue weighted by atomic mass is 10.0. The number of rotatable bonds is 6. The van der Waals surface area contributed by atoms with Crippen LogP contribution in [0.1, 0.15) is 37.4 Å². The van der Waals surface area contributed by atoms with Crippen LogP contribution in [0.25, 0.3) is 0 Å². The van der Waals surface area contributed by atoms with Crippen molar-refractivity contribution in [2.75, 3.05) is 11.9 Å². The number of benzene rings is 2. The number of amides is 2. The largest absolute Gasteiger partial charge is 0.341 e. The summed E-state index contributed by atoms with van der Waals surface area (Å²) in [6.07, 6.45) is 0.394. The minimum atomic E-state index is -0.696. The first-order chi connectivity index (χ1) is 11.9. The molecule has 1 unspecified atom stereocenters. The highest BCUT2D eigenvalue weighted by atomic mass is 16.2. The van der Waals surface area contributed by atoms with E-state index in [-0.39, 0.29) is 17.7 Å². The number of carbonyl (C=O) groups is 2. The van der Waals surface area contributed by atoms with Gasteiger partial charge in [-0.05, 0) is 30.5 Å². The molecule has 2 aromatic rings. The van der Waals surface area contributed by atoms with E-state index in [1.807, 2.05) is 75.4 Å². The zero-order valence-electron chi connectivity index (χ0n) is 15.3. The zero-order chi connectivity index (χ0) is 18.4. The van der Waals surface area contributed by atoms with Crippen molar-refractivity contribution < 1.29 is 9.59 Å². The summed E-state index contributed by atoms with van der Waals surface area (Å²) < 4.78 is 0. The highest BCUT2D eigenvalue weighted by Gasteiger charge is 2.26. The molecular formula is C21H26N2O2. The summed E-state index contributed by atoms with van der Waals surface area (Å²) in [4.78, 5) is 26.9. The third kappa shape index (κ3) is 5.18. The van der Waals surface area contributed by atoms with Gasteiger partial charge in [-0.25, -0.2) is 0 Å². The Labute approximate surface area is 149 Å². The molecule has 0 radical (unpaired) electrons. The maximum atomic E-state index is 13.1. The van der Waals surface area contributed by atoms with Crippen LogP contribution >= 0.6 is 0 Å². The molecule has 25 heavy (non-hydrogen) atoms. The van der Waals surface area contributed by atoms with Gasteiger partial charge in [-0.3, -0.25) is 9.59 Å². The second-order valence-corrected chi connectivity index (χ2v) is 6.74. The smallest absolute Gasteiger partial charge is 0.253 e. The van der Waals surface area contributed by atoms with E-state index in [0.717, 1.165) is 16.8 Å². The van der Waals surface area contributed by atoms with Crippen LogP contribution in [0.4, 0.5) is 5.69 Å². The number of anilines is 1. The standard InChI is InChI=1S/C21H26N2O2/c1-15(2)14-19(24)22-20(17-8-6-5-7-9-17)21(25)23(4)18-12-10-16(3)11-13-18/h5-13,15,20H,14H2,1-4H3,(H,22,24). The highest BCUT2D eigenvalue weighted by molar-refractivity contribution is 5.99. The highest BCUT2D eigenvalue weighted by Crippen LogP contribution is 2.21. The first-order valence-electron chi connectivity index (χ1n) is 8.57. The van der Waals surface area contributed by atoms with E-state index < -0.39 is 6.04 Å². The maximum Gasteiger partial charge on any atom is 0.253 e. The van der Waals surface area contributed by atoms with Crippen molar-refractivity contribution in [2.24, 2.45) is 5.92 Å². The second-order valence-electron chi connectivity index (χ2n) is 6.74. The van der Waals surface area contributed by atoms with Gasteiger partial charge in [0.05, 0.1) is 0 Å². The van der Waals surface area contributed by atoms with E-state index in [2.05, 4.69) is 5.32 Å². The Morgan fingerprint density at radius 1 is 1.00 bits per heavy atom. The lowest BCUT2D eigenvalue weighted by molar-refractivity contribution is -0.128. The van der Waals surface area contributed by atoms with Crippen molar-refractivity contribution in [3.8, 4) is 0 Å². The number of likely N-dealkylation sites (N-methyl/N-ethyl adjacent to an activating group) is 1. The molecule has 132 valence electrons. The summed E-state index contributed by atoms with van der Waals surface area (Å²) in [5.41, 5.74) is 2.72. The van der Waals surface area contributed by atoms with E-state index >= 15 is 0 Å². The summed E-state index contributed by atoms with van der Waals surface area (Å²) in [5.74, 6) is -0.0389. The number of nitrogens with zero attached hydrogens (tertiary/aromatic N) is 1. The van der Waals surface area contributed by atoms with Crippen molar-refractivity contribution in [3.63, 3.8) is 0 Å². The van der Waals surface area contributed by atoms with Crippen molar-refractivity contribution in [1.82, 2.24) is 5.32 Å². The van der Waals surface area contributed by atoms with Gasteiger partial charge < -0.3 is 10.2 Å². The molecule has 1 N–H and O–H groups in total. The molecule has 0 bridgehead atoms. The third-order valence-corrected chi connectivity index (χ3v) is 4.03. The Kier molecular flexibility index (Phi) is 6.34. The third-order valence-electron chi connectivity index (χ3n) is 4.03. The number of nitrogens with one attached hydrogen (secondary N) is 1. The fourth-order valence-electron chi connectivity index (χ4n) is 2.61. The van der Waals surface area contributed by atoms with Crippen LogP contribution in [0.2, 0.25) is 0 Å². The molecule has 4 nitrogen and oxygen atoms in total. The number of hydrogen-bond donors (Lipinski definition) is 1. The average Bonchev–Trinajstić information content (AvgIpc) is 2.59. The topological polar surface area (TPSA) is 49.4 Å². The molecule has 0 aromatic heterocycles. The number of carbonyl (C=O) groups excluding carboxylic acids is 2. The number of aryl methyl sites for hydroxylation is 1. The second kappa shape index (κ2) is 8.47. The van der Waals surface area contributed by atoms with Crippen LogP contribution in [0, 0.1) is 12.8 Å². The van der Waals surface area contributed by atoms with Crippen molar-refractivity contribution in [3.05, 3.63) is 65.7 Å². The molecule has 0 aliphatic rings. The normalized spacial score (nSPS) is 11.9. The van der Waals surface area contributed by atoms with E-state index in [1.54, 1.807) is 11.9 Å². The molecule has 0 spiro atoms. The lowest BCUT2D eigenvalue weighted by Crippen LogP contribution is -2.41. The summed E-state index contributed by atoms with van der Waals surface area (Å²) in [7, 11) is 1.73. The van der Waals surface area contributed by atoms with Crippen molar-refractivity contribution in [2.45, 2.75) is 33.2 Å². The zero-order valence-corrected chi connectivity index (χ0v) is 15.3. The molecule has 0 heterocycles. The van der Waals surface area contributed by atoms with Crippen LogP contribution in [0.3, 0.4) is 0 Å². The quantitative estimate of drug-likeness (QED) is 0.869. The van der Waals surface area contributed by atoms with Gasteiger partial charge in [-0.1, -0.05) is 61.9 Å². The van der Waals surface area contributed by atoms with Gasteiger partial charge >= 0.3 is 0 Å². The molecule has 2 rings (SSSR count). The SMILES string of the molecule is Cc1ccc(N(C)C(=O)C(NC(=O)CC(C)C)c2ccccc2)cc1. The Bertz CT molecular complexity index is 708. The van der Waals surface area contributed by atoms with Gasteiger partial charge in [0.15, 0.2) is 0 Å². The molecule has 4 heteroatoms. The van der Waals surface area contributed by atoms with Crippen molar-refractivity contribution in [1.29, 1.82) is 0 Å². The van der Waals surface area contributed by atoms with Gasteiger partial charge in [0.25, 0.3) is 5.91 Å².